The van der Waals surface area contributed by atoms with Crippen molar-refractivity contribution in [1.29, 1.82) is 0 Å². The highest BCUT2D eigenvalue weighted by molar-refractivity contribution is 5.94. The highest BCUT2D eigenvalue weighted by Gasteiger charge is 2.22. The molecule has 3 heterocycles. The summed E-state index contributed by atoms with van der Waals surface area (Å²) in [5.41, 5.74) is 4.68. The summed E-state index contributed by atoms with van der Waals surface area (Å²) < 4.78 is 6.93. The van der Waals surface area contributed by atoms with E-state index in [0.29, 0.717) is 23.6 Å². The van der Waals surface area contributed by atoms with Crippen LogP contribution in [0, 0.1) is 6.92 Å². The smallest absolute Gasteiger partial charge is 0.270 e. The third-order valence-corrected chi connectivity index (χ3v) is 4.78. The van der Waals surface area contributed by atoms with Crippen molar-refractivity contribution in [1.82, 2.24) is 19.9 Å². The largest absolute Gasteiger partial charge is 0.467 e. The van der Waals surface area contributed by atoms with Gasteiger partial charge in [0.15, 0.2) is 5.65 Å². The van der Waals surface area contributed by atoms with Crippen molar-refractivity contribution in [3.8, 4) is 11.3 Å². The summed E-state index contributed by atoms with van der Waals surface area (Å²) in [6.45, 7) is 8.62. The molecule has 0 fully saturated rings. The van der Waals surface area contributed by atoms with Crippen LogP contribution in [0.3, 0.4) is 0 Å². The lowest BCUT2D eigenvalue weighted by molar-refractivity contribution is 0.0940. The summed E-state index contributed by atoms with van der Waals surface area (Å²) in [5, 5.41) is 7.58. The summed E-state index contributed by atoms with van der Waals surface area (Å²) in [7, 11) is 0. The van der Waals surface area contributed by atoms with Crippen LogP contribution in [-0.2, 0) is 12.0 Å². The first kappa shape index (κ1) is 18.9. The van der Waals surface area contributed by atoms with E-state index in [1.807, 2.05) is 43.3 Å². The molecule has 4 rings (SSSR count). The first-order chi connectivity index (χ1) is 13.8. The highest BCUT2D eigenvalue weighted by atomic mass is 16.3. The Morgan fingerprint density at radius 2 is 1.90 bits per heavy atom. The molecule has 148 valence electrons. The molecular formula is C23H24N4O2. The zero-order valence-corrected chi connectivity index (χ0v) is 17.1. The van der Waals surface area contributed by atoms with Crippen LogP contribution in [0.5, 0.6) is 0 Å². The highest BCUT2D eigenvalue weighted by Crippen LogP contribution is 2.25. The molecule has 0 saturated carbocycles. The molecule has 0 aliphatic heterocycles. The van der Waals surface area contributed by atoms with E-state index in [1.54, 1.807) is 22.9 Å². The number of nitrogens with one attached hydrogen (secondary N) is 1. The molecule has 1 amide bonds. The molecule has 6 heteroatoms. The molecule has 6 nitrogen and oxygen atoms in total. The van der Waals surface area contributed by atoms with E-state index in [0.717, 1.165) is 17.0 Å². The van der Waals surface area contributed by atoms with Crippen molar-refractivity contribution in [2.75, 3.05) is 0 Å². The van der Waals surface area contributed by atoms with Gasteiger partial charge in [-0.05, 0) is 25.1 Å². The van der Waals surface area contributed by atoms with Gasteiger partial charge in [0.1, 0.15) is 11.5 Å². The van der Waals surface area contributed by atoms with Crippen LogP contribution in [-0.4, -0.2) is 20.5 Å². The van der Waals surface area contributed by atoms with Crippen molar-refractivity contribution in [3.63, 3.8) is 0 Å². The van der Waals surface area contributed by atoms with Gasteiger partial charge < -0.3 is 9.73 Å². The molecule has 0 aliphatic rings. The van der Waals surface area contributed by atoms with Crippen molar-refractivity contribution in [2.24, 2.45) is 0 Å². The zero-order valence-electron chi connectivity index (χ0n) is 17.1. The molecule has 0 unspecified atom stereocenters. The second kappa shape index (κ2) is 7.20. The normalized spacial score (nSPS) is 11.7. The number of fused-ring (bicyclic) bond motifs is 1. The topological polar surface area (TPSA) is 72.4 Å². The molecule has 0 spiro atoms. The molecule has 0 bridgehead atoms. The van der Waals surface area contributed by atoms with Gasteiger partial charge in [0, 0.05) is 17.0 Å². The lowest BCUT2D eigenvalue weighted by Crippen LogP contribution is -2.25. The number of aryl methyl sites for hydroxylation is 1. The van der Waals surface area contributed by atoms with Gasteiger partial charge >= 0.3 is 0 Å². The third kappa shape index (κ3) is 3.92. The standard InChI is InChI=1S/C23H24N4O2/c1-15-7-9-16(10-8-15)18-12-19(22(28)24-14-17-6-5-11-29-17)27-21(25-18)13-20(26-27)23(2,3)4/h5-13H,14H2,1-4H3,(H,24,28). The van der Waals surface area contributed by atoms with Crippen LogP contribution in [0.1, 0.15) is 48.3 Å². The summed E-state index contributed by atoms with van der Waals surface area (Å²) in [5.74, 6) is 0.462. The average molecular weight is 388 g/mol. The van der Waals surface area contributed by atoms with E-state index < -0.39 is 0 Å². The number of hydrogen-bond acceptors (Lipinski definition) is 4. The van der Waals surface area contributed by atoms with Gasteiger partial charge in [-0.1, -0.05) is 50.6 Å². The van der Waals surface area contributed by atoms with Crippen LogP contribution in [0.4, 0.5) is 0 Å². The molecule has 0 radical (unpaired) electrons. The molecule has 1 N–H and O–H groups in total. The maximum Gasteiger partial charge on any atom is 0.270 e. The lowest BCUT2D eigenvalue weighted by Gasteiger charge is -2.13. The van der Waals surface area contributed by atoms with Gasteiger partial charge in [-0.25, -0.2) is 9.50 Å². The van der Waals surface area contributed by atoms with Crippen LogP contribution in [0.15, 0.2) is 59.2 Å². The fourth-order valence-electron chi connectivity index (χ4n) is 3.05. The van der Waals surface area contributed by atoms with Crippen molar-refractivity contribution < 1.29 is 9.21 Å². The Morgan fingerprint density at radius 1 is 1.14 bits per heavy atom. The molecule has 0 aliphatic carbocycles. The number of carbonyl (C=O) groups excluding carboxylic acids is 1. The van der Waals surface area contributed by atoms with E-state index in [9.17, 15) is 4.79 Å². The second-order valence-corrected chi connectivity index (χ2v) is 8.20. The molecule has 3 aromatic heterocycles. The average Bonchev–Trinajstić information content (AvgIpc) is 3.35. The Balaban J connectivity index is 1.79. The van der Waals surface area contributed by atoms with E-state index in [-0.39, 0.29) is 11.3 Å². The van der Waals surface area contributed by atoms with Gasteiger partial charge in [-0.2, -0.15) is 5.10 Å². The lowest BCUT2D eigenvalue weighted by atomic mass is 9.93. The van der Waals surface area contributed by atoms with Gasteiger partial charge in [-0.3, -0.25) is 4.79 Å². The number of aromatic nitrogens is 3. The summed E-state index contributed by atoms with van der Waals surface area (Å²) >= 11 is 0. The second-order valence-electron chi connectivity index (χ2n) is 8.20. The van der Waals surface area contributed by atoms with Crippen molar-refractivity contribution >= 4 is 11.6 Å². The van der Waals surface area contributed by atoms with Crippen LogP contribution < -0.4 is 5.32 Å². The van der Waals surface area contributed by atoms with Crippen molar-refractivity contribution in [3.05, 3.63) is 77.5 Å². The fraction of sp³-hybridized carbons (Fsp3) is 0.261. The quantitative estimate of drug-likeness (QED) is 0.558. The maximum atomic E-state index is 13.0. The first-order valence-electron chi connectivity index (χ1n) is 9.60. The zero-order chi connectivity index (χ0) is 20.6. The number of carbonyl (C=O) groups is 1. The van der Waals surface area contributed by atoms with E-state index in [4.69, 9.17) is 9.40 Å². The number of nitrogens with zero attached hydrogens (tertiary/aromatic N) is 3. The molecule has 0 atom stereocenters. The minimum absolute atomic E-state index is 0.153. The molecule has 29 heavy (non-hydrogen) atoms. The monoisotopic (exact) mass is 388 g/mol. The minimum atomic E-state index is -0.231. The summed E-state index contributed by atoms with van der Waals surface area (Å²) in [6.07, 6.45) is 1.59. The predicted octanol–water partition coefficient (Wildman–Crippen LogP) is 4.53. The first-order valence-corrected chi connectivity index (χ1v) is 9.60. The third-order valence-electron chi connectivity index (χ3n) is 4.78. The molecule has 0 saturated heterocycles. The maximum absolute atomic E-state index is 13.0. The van der Waals surface area contributed by atoms with E-state index >= 15 is 0 Å². The summed E-state index contributed by atoms with van der Waals surface area (Å²) in [4.78, 5) is 17.8. The molecule has 4 aromatic rings. The van der Waals surface area contributed by atoms with Gasteiger partial charge in [0.2, 0.25) is 0 Å². The van der Waals surface area contributed by atoms with Gasteiger partial charge in [0.05, 0.1) is 24.2 Å². The summed E-state index contributed by atoms with van der Waals surface area (Å²) in [6, 6.07) is 15.5. The van der Waals surface area contributed by atoms with Gasteiger partial charge in [0.25, 0.3) is 5.91 Å². The van der Waals surface area contributed by atoms with Crippen LogP contribution >= 0.6 is 0 Å². The Kier molecular flexibility index (Phi) is 4.70. The van der Waals surface area contributed by atoms with E-state index in [1.165, 1.54) is 5.56 Å². The number of rotatable bonds is 4. The SMILES string of the molecule is Cc1ccc(-c2cc(C(=O)NCc3ccco3)n3nc(C(C)(C)C)cc3n2)cc1. The van der Waals surface area contributed by atoms with Crippen molar-refractivity contribution in [2.45, 2.75) is 39.7 Å². The Hall–Kier alpha value is -3.41. The fourth-order valence-corrected chi connectivity index (χ4v) is 3.05. The predicted molar refractivity (Wildman–Crippen MR) is 112 cm³/mol. The Morgan fingerprint density at radius 3 is 2.55 bits per heavy atom. The minimum Gasteiger partial charge on any atom is -0.467 e. The number of amides is 1. The van der Waals surface area contributed by atoms with Crippen LogP contribution in [0.2, 0.25) is 0 Å². The van der Waals surface area contributed by atoms with Crippen LogP contribution in [0.25, 0.3) is 16.9 Å². The number of benzene rings is 1. The number of hydrogen-bond donors (Lipinski definition) is 1. The number of furan rings is 1. The Bertz CT molecular complexity index is 1150. The molecular weight excluding hydrogens is 364 g/mol. The van der Waals surface area contributed by atoms with Gasteiger partial charge in [-0.15, -0.1) is 0 Å². The molecule has 1 aromatic carbocycles. The van der Waals surface area contributed by atoms with E-state index in [2.05, 4.69) is 31.2 Å². The Labute approximate surface area is 169 Å².